The first-order valence-electron chi connectivity index (χ1n) is 17.0. The van der Waals surface area contributed by atoms with Crippen LogP contribution in [0.25, 0.3) is 45.4 Å². The van der Waals surface area contributed by atoms with Crippen molar-refractivity contribution in [3.8, 4) is 22.4 Å². The highest BCUT2D eigenvalue weighted by molar-refractivity contribution is 5.87. The Morgan fingerprint density at radius 2 is 1.10 bits per heavy atom. The van der Waals surface area contributed by atoms with Crippen molar-refractivity contribution in [3.05, 3.63) is 180 Å². The third kappa shape index (κ3) is 5.20. The lowest BCUT2D eigenvalue weighted by atomic mass is 9.73. The van der Waals surface area contributed by atoms with Crippen LogP contribution in [0, 0.1) is 0 Å². The maximum atomic E-state index is 4.87. The molecule has 0 fully saturated rings. The van der Waals surface area contributed by atoms with Gasteiger partial charge in [0.2, 0.25) is 0 Å². The molecule has 0 aliphatic heterocycles. The summed E-state index contributed by atoms with van der Waals surface area (Å²) < 4.78 is 0. The molecule has 0 spiro atoms. The highest BCUT2D eigenvalue weighted by atomic mass is 15.1. The van der Waals surface area contributed by atoms with Crippen molar-refractivity contribution in [2.75, 3.05) is 4.90 Å². The van der Waals surface area contributed by atoms with Crippen molar-refractivity contribution in [2.24, 2.45) is 0 Å². The molecule has 1 aromatic heterocycles. The third-order valence-corrected chi connectivity index (χ3v) is 10.1. The molecule has 48 heavy (non-hydrogen) atoms. The summed E-state index contributed by atoms with van der Waals surface area (Å²) in [4.78, 5) is 7.24. The van der Waals surface area contributed by atoms with Gasteiger partial charge < -0.3 is 4.90 Å². The molecular formula is C46H38N2. The van der Waals surface area contributed by atoms with Crippen LogP contribution in [0.3, 0.4) is 0 Å². The largest absolute Gasteiger partial charge is 0.310 e. The molecule has 0 unspecified atom stereocenters. The number of anilines is 3. The van der Waals surface area contributed by atoms with Crippen LogP contribution in [0.2, 0.25) is 0 Å². The van der Waals surface area contributed by atoms with E-state index < -0.39 is 0 Å². The molecule has 232 valence electrons. The van der Waals surface area contributed by atoms with Crippen molar-refractivity contribution in [2.45, 2.75) is 32.1 Å². The second-order valence-electron chi connectivity index (χ2n) is 12.7. The third-order valence-electron chi connectivity index (χ3n) is 10.1. The Balaban J connectivity index is 1.11. The number of aromatic nitrogens is 1. The Kier molecular flexibility index (Phi) is 7.70. The summed E-state index contributed by atoms with van der Waals surface area (Å²) in [6.07, 6.45) is 6.55. The second-order valence-corrected chi connectivity index (χ2v) is 12.7. The Labute approximate surface area is 283 Å². The van der Waals surface area contributed by atoms with Gasteiger partial charge in [-0.05, 0) is 94.8 Å². The number of fused-ring (bicyclic) bond motifs is 4. The number of rotatable bonds is 8. The van der Waals surface area contributed by atoms with Crippen molar-refractivity contribution in [1.29, 1.82) is 0 Å². The van der Waals surface area contributed by atoms with Crippen LogP contribution in [-0.4, -0.2) is 4.98 Å². The maximum Gasteiger partial charge on any atom is 0.0709 e. The highest BCUT2D eigenvalue weighted by Gasteiger charge is 2.41. The molecule has 1 heterocycles. The van der Waals surface area contributed by atoms with Gasteiger partial charge in [0.05, 0.1) is 11.2 Å². The van der Waals surface area contributed by atoms with Crippen LogP contribution in [-0.2, 0) is 5.41 Å². The molecule has 1 aliphatic carbocycles. The fourth-order valence-corrected chi connectivity index (χ4v) is 7.54. The zero-order valence-corrected chi connectivity index (χ0v) is 27.5. The van der Waals surface area contributed by atoms with Crippen LogP contribution in [0.15, 0.2) is 158 Å². The number of hydrogen-bond donors (Lipinski definition) is 0. The van der Waals surface area contributed by atoms with E-state index in [0.29, 0.717) is 0 Å². The quantitative estimate of drug-likeness (QED) is 0.158. The van der Waals surface area contributed by atoms with Crippen LogP contribution >= 0.6 is 0 Å². The topological polar surface area (TPSA) is 16.1 Å². The minimum absolute atomic E-state index is 0.0436. The number of pyridine rings is 1. The highest BCUT2D eigenvalue weighted by Crippen LogP contribution is 2.54. The average Bonchev–Trinajstić information content (AvgIpc) is 3.43. The van der Waals surface area contributed by atoms with Gasteiger partial charge >= 0.3 is 0 Å². The first-order chi connectivity index (χ1) is 23.7. The molecule has 1 aliphatic rings. The van der Waals surface area contributed by atoms with Crippen LogP contribution < -0.4 is 4.90 Å². The molecule has 0 saturated carbocycles. The van der Waals surface area contributed by atoms with Gasteiger partial charge in [0.15, 0.2) is 0 Å². The van der Waals surface area contributed by atoms with Gasteiger partial charge in [0.1, 0.15) is 0 Å². The normalized spacial score (nSPS) is 13.0. The Morgan fingerprint density at radius 1 is 0.521 bits per heavy atom. The zero-order valence-electron chi connectivity index (χ0n) is 27.5. The van der Waals surface area contributed by atoms with Gasteiger partial charge in [0.25, 0.3) is 0 Å². The van der Waals surface area contributed by atoms with E-state index in [0.717, 1.165) is 46.4 Å². The molecular weight excluding hydrogens is 581 g/mol. The molecule has 8 rings (SSSR count). The number of para-hydroxylation sites is 3. The molecule has 7 aromatic rings. The van der Waals surface area contributed by atoms with E-state index >= 15 is 0 Å². The average molecular weight is 619 g/mol. The first kappa shape index (κ1) is 29.7. The number of nitrogens with zero attached hydrogens (tertiary/aromatic N) is 2. The monoisotopic (exact) mass is 618 g/mol. The zero-order chi connectivity index (χ0) is 32.5. The molecule has 0 bridgehead atoms. The van der Waals surface area contributed by atoms with E-state index in [4.69, 9.17) is 4.98 Å². The van der Waals surface area contributed by atoms with Gasteiger partial charge in [0, 0.05) is 33.4 Å². The molecule has 2 nitrogen and oxygen atoms in total. The summed E-state index contributed by atoms with van der Waals surface area (Å²) in [6.45, 7) is 4.69. The van der Waals surface area contributed by atoms with E-state index in [1.165, 1.54) is 39.1 Å². The predicted octanol–water partition coefficient (Wildman–Crippen LogP) is 12.6. The summed E-state index contributed by atoms with van der Waals surface area (Å²) in [5.74, 6) is 0. The van der Waals surface area contributed by atoms with Crippen molar-refractivity contribution in [1.82, 2.24) is 4.98 Å². The molecule has 2 heteroatoms. The van der Waals surface area contributed by atoms with E-state index in [9.17, 15) is 0 Å². The summed E-state index contributed by atoms with van der Waals surface area (Å²) in [7, 11) is 0. The lowest BCUT2D eigenvalue weighted by molar-refractivity contribution is 0.490. The Hall–Kier alpha value is -5.73. The molecule has 6 aromatic carbocycles. The first-order valence-corrected chi connectivity index (χ1v) is 17.0. The van der Waals surface area contributed by atoms with Gasteiger partial charge in [-0.2, -0.15) is 0 Å². The lowest BCUT2D eigenvalue weighted by Crippen LogP contribution is -2.23. The van der Waals surface area contributed by atoms with E-state index in [1.54, 1.807) is 0 Å². The van der Waals surface area contributed by atoms with Crippen LogP contribution in [0.1, 0.15) is 48.9 Å². The minimum atomic E-state index is -0.0436. The standard InChI is InChI=1S/C46H38N2/c1-3-46(4-2)42-31-34(20-19-33-21-24-36(25-22-33)45-30-26-35-13-11-12-18-44(35)47-45)23-28-40(42)41-29-27-39(32-43(41)46)48(37-14-7-5-8-15-37)38-16-9-6-10-17-38/h5-32H,3-4H2,1-2H3/b20-19+. The van der Waals surface area contributed by atoms with E-state index in [1.807, 2.05) is 6.07 Å². The lowest BCUT2D eigenvalue weighted by Gasteiger charge is -2.32. The summed E-state index contributed by atoms with van der Waals surface area (Å²) >= 11 is 0. The number of benzene rings is 6. The predicted molar refractivity (Wildman–Crippen MR) is 204 cm³/mol. The summed E-state index contributed by atoms with van der Waals surface area (Å²) in [5.41, 5.74) is 14.6. The molecule has 0 atom stereocenters. The van der Waals surface area contributed by atoms with Crippen LogP contribution in [0.4, 0.5) is 17.1 Å². The van der Waals surface area contributed by atoms with E-state index in [2.05, 4.69) is 183 Å². The van der Waals surface area contributed by atoms with Crippen molar-refractivity contribution < 1.29 is 0 Å². The molecule has 0 radical (unpaired) electrons. The number of hydrogen-bond acceptors (Lipinski definition) is 2. The van der Waals surface area contributed by atoms with Gasteiger partial charge in [-0.15, -0.1) is 0 Å². The van der Waals surface area contributed by atoms with Gasteiger partial charge in [-0.3, -0.25) is 0 Å². The maximum absolute atomic E-state index is 4.87. The molecule has 0 saturated heterocycles. The van der Waals surface area contributed by atoms with Gasteiger partial charge in [-0.1, -0.05) is 135 Å². The van der Waals surface area contributed by atoms with Crippen molar-refractivity contribution >= 4 is 40.1 Å². The van der Waals surface area contributed by atoms with Crippen LogP contribution in [0.5, 0.6) is 0 Å². The molecule has 0 amide bonds. The smallest absolute Gasteiger partial charge is 0.0709 e. The Morgan fingerprint density at radius 3 is 1.79 bits per heavy atom. The summed E-state index contributed by atoms with van der Waals surface area (Å²) in [6, 6.07) is 56.7. The molecule has 0 N–H and O–H groups in total. The fraction of sp³-hybridized carbons (Fsp3) is 0.109. The van der Waals surface area contributed by atoms with Gasteiger partial charge in [-0.25, -0.2) is 4.98 Å². The SMILES string of the molecule is CCC1(CC)c2cc(/C=C/c3ccc(-c4ccc5ccccc5n4)cc3)ccc2-c2ccc(N(c3ccccc3)c3ccccc3)cc21. The fourth-order valence-electron chi connectivity index (χ4n) is 7.54. The Bertz CT molecular complexity index is 2210. The van der Waals surface area contributed by atoms with E-state index in [-0.39, 0.29) is 5.41 Å². The summed E-state index contributed by atoms with van der Waals surface area (Å²) in [5, 5.41) is 1.16. The second kappa shape index (κ2) is 12.5. The van der Waals surface area contributed by atoms with Crippen molar-refractivity contribution in [3.63, 3.8) is 0 Å². The minimum Gasteiger partial charge on any atom is -0.310 e.